The van der Waals surface area contributed by atoms with Crippen LogP contribution in [0, 0.1) is 5.82 Å². The Balaban J connectivity index is 0.00000220. The molecule has 0 radical (unpaired) electrons. The predicted octanol–water partition coefficient (Wildman–Crippen LogP) is 2.04. The number of benzene rings is 1. The van der Waals surface area contributed by atoms with Crippen LogP contribution in [-0.4, -0.2) is 50.1 Å². The molecule has 0 spiro atoms. The van der Waals surface area contributed by atoms with Gasteiger partial charge in [0.25, 0.3) is 5.91 Å². The van der Waals surface area contributed by atoms with Crippen molar-refractivity contribution in [3.05, 3.63) is 34.1 Å². The summed E-state index contributed by atoms with van der Waals surface area (Å²) in [5.74, 6) is -0.850. The van der Waals surface area contributed by atoms with Gasteiger partial charge in [-0.25, -0.2) is 4.39 Å². The first-order valence-corrected chi connectivity index (χ1v) is 7.62. The monoisotopic (exact) mass is 379 g/mol. The Morgan fingerprint density at radius 3 is 2.81 bits per heavy atom. The molecule has 0 aliphatic carbocycles. The summed E-state index contributed by atoms with van der Waals surface area (Å²) in [5, 5.41) is 6.06. The maximum atomic E-state index is 13.5. The van der Waals surface area contributed by atoms with Gasteiger partial charge in [-0.15, -0.1) is 12.4 Å². The third kappa shape index (κ3) is 5.90. The fourth-order valence-corrected chi connectivity index (χ4v) is 2.57. The molecule has 1 heterocycles. The lowest BCUT2D eigenvalue weighted by Crippen LogP contribution is -2.44. The fraction of sp³-hybridized carbons (Fsp3) is 0.500. The van der Waals surface area contributed by atoms with Crippen LogP contribution in [0.25, 0.3) is 0 Å². The molecule has 4 nitrogen and oxygen atoms in total. The van der Waals surface area contributed by atoms with Crippen molar-refractivity contribution in [2.45, 2.75) is 6.42 Å². The average molecular weight is 381 g/mol. The molecule has 1 aliphatic rings. The van der Waals surface area contributed by atoms with Crippen LogP contribution in [0.3, 0.4) is 0 Å². The SMILES string of the molecule is Cl.O=C(NCCCN1CCNCC1)c1cc(Br)ccc1F. The standard InChI is InChI=1S/C14H19BrFN3O.ClH/c15-11-2-3-13(16)12(10-11)14(20)18-4-1-7-19-8-5-17-6-9-19;/h2-3,10,17H,1,4-9H2,(H,18,20);1H. The van der Waals surface area contributed by atoms with E-state index in [0.29, 0.717) is 11.0 Å². The van der Waals surface area contributed by atoms with Crippen LogP contribution in [0.15, 0.2) is 22.7 Å². The van der Waals surface area contributed by atoms with Crippen molar-refractivity contribution in [3.8, 4) is 0 Å². The van der Waals surface area contributed by atoms with E-state index in [2.05, 4.69) is 31.5 Å². The van der Waals surface area contributed by atoms with Crippen molar-refractivity contribution in [1.82, 2.24) is 15.5 Å². The first-order chi connectivity index (χ1) is 9.66. The summed E-state index contributed by atoms with van der Waals surface area (Å²) in [6.07, 6.45) is 0.876. The molecule has 0 atom stereocenters. The molecule has 21 heavy (non-hydrogen) atoms. The average Bonchev–Trinajstić information content (AvgIpc) is 2.47. The van der Waals surface area contributed by atoms with E-state index in [1.54, 1.807) is 6.07 Å². The van der Waals surface area contributed by atoms with Crippen molar-refractivity contribution in [2.24, 2.45) is 0 Å². The van der Waals surface area contributed by atoms with Crippen LogP contribution in [0.5, 0.6) is 0 Å². The van der Waals surface area contributed by atoms with Crippen molar-refractivity contribution >= 4 is 34.2 Å². The van der Waals surface area contributed by atoms with Crippen molar-refractivity contribution in [2.75, 3.05) is 39.3 Å². The van der Waals surface area contributed by atoms with Gasteiger partial charge in [0, 0.05) is 37.2 Å². The lowest BCUT2D eigenvalue weighted by molar-refractivity contribution is 0.0947. The van der Waals surface area contributed by atoms with Crippen LogP contribution < -0.4 is 10.6 Å². The summed E-state index contributed by atoms with van der Waals surface area (Å²) in [4.78, 5) is 14.2. The van der Waals surface area contributed by atoms with Gasteiger partial charge in [-0.3, -0.25) is 4.79 Å². The van der Waals surface area contributed by atoms with Gasteiger partial charge in [0.15, 0.2) is 0 Å². The molecule has 0 bridgehead atoms. The maximum absolute atomic E-state index is 13.5. The third-order valence-electron chi connectivity index (χ3n) is 3.32. The second kappa shape index (κ2) is 9.35. The third-order valence-corrected chi connectivity index (χ3v) is 3.81. The highest BCUT2D eigenvalue weighted by atomic mass is 79.9. The van der Waals surface area contributed by atoms with E-state index in [4.69, 9.17) is 0 Å². The van der Waals surface area contributed by atoms with E-state index in [1.807, 2.05) is 0 Å². The highest BCUT2D eigenvalue weighted by Crippen LogP contribution is 2.15. The van der Waals surface area contributed by atoms with Gasteiger partial charge in [0.05, 0.1) is 5.56 Å². The van der Waals surface area contributed by atoms with Gasteiger partial charge >= 0.3 is 0 Å². The second-order valence-electron chi connectivity index (χ2n) is 4.83. The van der Waals surface area contributed by atoms with Crippen molar-refractivity contribution in [3.63, 3.8) is 0 Å². The molecular weight excluding hydrogens is 361 g/mol. The Morgan fingerprint density at radius 2 is 2.10 bits per heavy atom. The van der Waals surface area contributed by atoms with Gasteiger partial charge < -0.3 is 15.5 Å². The zero-order valence-electron chi connectivity index (χ0n) is 11.7. The lowest BCUT2D eigenvalue weighted by atomic mass is 10.2. The molecule has 2 N–H and O–H groups in total. The Labute approximate surface area is 139 Å². The van der Waals surface area contributed by atoms with E-state index in [0.717, 1.165) is 39.1 Å². The second-order valence-corrected chi connectivity index (χ2v) is 5.74. The topological polar surface area (TPSA) is 44.4 Å². The van der Waals surface area contributed by atoms with Crippen LogP contribution >= 0.6 is 28.3 Å². The first-order valence-electron chi connectivity index (χ1n) is 6.83. The molecule has 2 rings (SSSR count). The Morgan fingerprint density at radius 1 is 1.38 bits per heavy atom. The Hall–Kier alpha value is -0.690. The van der Waals surface area contributed by atoms with Crippen LogP contribution in [-0.2, 0) is 0 Å². The van der Waals surface area contributed by atoms with E-state index < -0.39 is 5.82 Å². The number of hydrogen-bond acceptors (Lipinski definition) is 3. The largest absolute Gasteiger partial charge is 0.352 e. The predicted molar refractivity (Wildman–Crippen MR) is 87.6 cm³/mol. The molecule has 0 unspecified atom stereocenters. The minimum absolute atomic E-state index is 0. The minimum atomic E-state index is -0.493. The number of carbonyl (C=O) groups excluding carboxylic acids is 1. The summed E-state index contributed by atoms with van der Waals surface area (Å²) in [6.45, 7) is 5.67. The van der Waals surface area contributed by atoms with E-state index >= 15 is 0 Å². The molecular formula is C14H20BrClFN3O. The number of amides is 1. The van der Waals surface area contributed by atoms with Crippen LogP contribution in [0.2, 0.25) is 0 Å². The molecule has 1 amide bonds. The maximum Gasteiger partial charge on any atom is 0.254 e. The summed E-state index contributed by atoms with van der Waals surface area (Å²) in [5.41, 5.74) is 0.0848. The lowest BCUT2D eigenvalue weighted by Gasteiger charge is -2.27. The number of rotatable bonds is 5. The molecule has 118 valence electrons. The van der Waals surface area contributed by atoms with Crippen molar-refractivity contribution < 1.29 is 9.18 Å². The van der Waals surface area contributed by atoms with Gasteiger partial charge in [-0.1, -0.05) is 15.9 Å². The Kier molecular flexibility index (Phi) is 8.18. The molecule has 1 aromatic carbocycles. The molecule has 1 aliphatic heterocycles. The first kappa shape index (κ1) is 18.4. The van der Waals surface area contributed by atoms with Crippen LogP contribution in [0.1, 0.15) is 16.8 Å². The zero-order valence-corrected chi connectivity index (χ0v) is 14.1. The van der Waals surface area contributed by atoms with E-state index in [9.17, 15) is 9.18 Å². The normalized spacial score (nSPS) is 15.3. The number of carbonyl (C=O) groups is 1. The summed E-state index contributed by atoms with van der Waals surface area (Å²) in [6, 6.07) is 4.37. The fourth-order valence-electron chi connectivity index (χ4n) is 2.21. The number of halogens is 3. The number of hydrogen-bond donors (Lipinski definition) is 2. The van der Waals surface area contributed by atoms with Gasteiger partial charge in [-0.05, 0) is 31.2 Å². The highest BCUT2D eigenvalue weighted by molar-refractivity contribution is 9.10. The number of nitrogens with one attached hydrogen (secondary N) is 2. The highest BCUT2D eigenvalue weighted by Gasteiger charge is 2.12. The number of piperazine rings is 1. The van der Waals surface area contributed by atoms with Gasteiger partial charge in [0.1, 0.15) is 5.82 Å². The molecule has 0 aromatic heterocycles. The van der Waals surface area contributed by atoms with E-state index in [-0.39, 0.29) is 23.9 Å². The summed E-state index contributed by atoms with van der Waals surface area (Å²) >= 11 is 3.24. The summed E-state index contributed by atoms with van der Waals surface area (Å²) < 4.78 is 14.2. The quantitative estimate of drug-likeness (QED) is 0.768. The summed E-state index contributed by atoms with van der Waals surface area (Å²) in [7, 11) is 0. The smallest absolute Gasteiger partial charge is 0.254 e. The molecule has 1 fully saturated rings. The molecule has 7 heteroatoms. The molecule has 1 saturated heterocycles. The number of nitrogens with zero attached hydrogens (tertiary/aromatic N) is 1. The molecule has 0 saturated carbocycles. The van der Waals surface area contributed by atoms with Crippen molar-refractivity contribution in [1.29, 1.82) is 0 Å². The van der Waals surface area contributed by atoms with Gasteiger partial charge in [0.2, 0.25) is 0 Å². The minimum Gasteiger partial charge on any atom is -0.352 e. The van der Waals surface area contributed by atoms with E-state index in [1.165, 1.54) is 12.1 Å². The van der Waals surface area contributed by atoms with Crippen LogP contribution in [0.4, 0.5) is 4.39 Å². The Bertz CT molecular complexity index is 470. The zero-order chi connectivity index (χ0) is 14.4. The molecule has 1 aromatic rings. The van der Waals surface area contributed by atoms with Gasteiger partial charge in [-0.2, -0.15) is 0 Å².